The molecule has 0 radical (unpaired) electrons. The summed E-state index contributed by atoms with van der Waals surface area (Å²) in [6, 6.07) is 3.36. The third-order valence-electron chi connectivity index (χ3n) is 4.81. The fourth-order valence-electron chi connectivity index (χ4n) is 3.46. The van der Waals surface area contributed by atoms with Crippen LogP contribution in [0.4, 0.5) is 64.1 Å². The molecule has 206 valence electrons. The van der Waals surface area contributed by atoms with Gasteiger partial charge in [-0.05, 0) is 47.5 Å². The highest BCUT2D eigenvalue weighted by atomic mass is 19.4. The molecule has 4 N–H and O–H groups in total. The lowest BCUT2D eigenvalue weighted by molar-refractivity contribution is -0.275. The number of hydrogen-bond acceptors (Lipinski definition) is 4. The third kappa shape index (κ3) is 6.66. The average Bonchev–Trinajstić information content (AvgIpc) is 2.69. The molecular formula is C22H12F12N2O2. The van der Waals surface area contributed by atoms with E-state index in [2.05, 4.69) is 9.47 Å². The summed E-state index contributed by atoms with van der Waals surface area (Å²) >= 11 is 0. The highest BCUT2D eigenvalue weighted by Gasteiger charge is 2.42. The van der Waals surface area contributed by atoms with Crippen molar-refractivity contribution in [2.75, 3.05) is 11.5 Å². The zero-order chi connectivity index (χ0) is 28.8. The van der Waals surface area contributed by atoms with Crippen LogP contribution in [0.2, 0.25) is 0 Å². The summed E-state index contributed by atoms with van der Waals surface area (Å²) in [6.45, 7) is 0. The van der Waals surface area contributed by atoms with Gasteiger partial charge in [0.2, 0.25) is 0 Å². The number of nitrogen functional groups attached to an aromatic ring is 2. The lowest BCUT2D eigenvalue weighted by Crippen LogP contribution is -2.19. The van der Waals surface area contributed by atoms with Crippen LogP contribution >= 0.6 is 0 Å². The molecule has 0 saturated heterocycles. The first-order valence-corrected chi connectivity index (χ1v) is 9.79. The van der Waals surface area contributed by atoms with Crippen molar-refractivity contribution in [2.45, 2.75) is 25.1 Å². The largest absolute Gasteiger partial charge is 0.573 e. The van der Waals surface area contributed by atoms with E-state index in [0.717, 1.165) is 12.1 Å². The number of anilines is 2. The van der Waals surface area contributed by atoms with E-state index in [-0.39, 0.29) is 12.1 Å². The van der Waals surface area contributed by atoms with Gasteiger partial charge in [-0.1, -0.05) is 0 Å². The maximum atomic E-state index is 14.0. The first-order valence-electron chi connectivity index (χ1n) is 9.79. The molecule has 0 bridgehead atoms. The van der Waals surface area contributed by atoms with E-state index in [1.54, 1.807) is 0 Å². The zero-order valence-electron chi connectivity index (χ0n) is 18.1. The Labute approximate surface area is 204 Å². The summed E-state index contributed by atoms with van der Waals surface area (Å²) in [7, 11) is 0. The second-order valence-electron chi connectivity index (χ2n) is 7.55. The molecule has 0 aromatic heterocycles. The van der Waals surface area contributed by atoms with Crippen molar-refractivity contribution in [3.63, 3.8) is 0 Å². The van der Waals surface area contributed by atoms with E-state index in [4.69, 9.17) is 11.5 Å². The van der Waals surface area contributed by atoms with Crippen molar-refractivity contribution in [2.24, 2.45) is 0 Å². The molecule has 0 spiro atoms. The van der Waals surface area contributed by atoms with E-state index in [1.807, 2.05) is 0 Å². The molecule has 16 heteroatoms. The van der Waals surface area contributed by atoms with Crippen LogP contribution < -0.4 is 20.9 Å². The number of benzene rings is 3. The van der Waals surface area contributed by atoms with E-state index in [9.17, 15) is 52.7 Å². The highest BCUT2D eigenvalue weighted by Crippen LogP contribution is 2.49. The SMILES string of the molecule is Nc1ccc(-c2cc(C(F)(F)F)c(-c3ccc(N)cc3OC(F)(F)F)cc2C(F)(F)F)c(OC(F)(F)F)c1. The lowest BCUT2D eigenvalue weighted by atomic mass is 9.89. The Morgan fingerprint density at radius 2 is 0.763 bits per heavy atom. The minimum absolute atomic E-state index is 0.152. The summed E-state index contributed by atoms with van der Waals surface area (Å²) in [5, 5.41) is 0. The molecule has 3 aromatic rings. The fraction of sp³-hybridized carbons (Fsp3) is 0.182. The molecule has 3 aromatic carbocycles. The van der Waals surface area contributed by atoms with Gasteiger partial charge < -0.3 is 20.9 Å². The van der Waals surface area contributed by atoms with E-state index in [0.29, 0.717) is 24.3 Å². The highest BCUT2D eigenvalue weighted by molar-refractivity contribution is 5.83. The van der Waals surface area contributed by atoms with Gasteiger partial charge in [0.15, 0.2) is 0 Å². The topological polar surface area (TPSA) is 70.5 Å². The van der Waals surface area contributed by atoms with E-state index in [1.165, 1.54) is 0 Å². The Kier molecular flexibility index (Phi) is 7.07. The van der Waals surface area contributed by atoms with Crippen LogP contribution in [0.5, 0.6) is 11.5 Å². The predicted molar refractivity (Wildman–Crippen MR) is 110 cm³/mol. The van der Waals surface area contributed by atoms with Gasteiger partial charge in [-0.15, -0.1) is 26.3 Å². The third-order valence-corrected chi connectivity index (χ3v) is 4.81. The van der Waals surface area contributed by atoms with Gasteiger partial charge in [0.25, 0.3) is 0 Å². The van der Waals surface area contributed by atoms with Gasteiger partial charge in [-0.25, -0.2) is 0 Å². The number of ether oxygens (including phenoxy) is 2. The van der Waals surface area contributed by atoms with Gasteiger partial charge in [0.1, 0.15) is 11.5 Å². The minimum Gasteiger partial charge on any atom is -0.405 e. The fourth-order valence-corrected chi connectivity index (χ4v) is 3.46. The standard InChI is InChI=1S/C22H12F12N2O2/c23-19(24,25)15-8-14(12-4-2-10(36)6-18(12)38-22(32,33)34)16(20(26,27)28)7-13(15)11-3-1-9(35)5-17(11)37-21(29,30)31/h1-8H,35-36H2. The number of hydrogen-bond donors (Lipinski definition) is 2. The van der Waals surface area contributed by atoms with Crippen LogP contribution in [0.1, 0.15) is 11.1 Å². The molecular weight excluding hydrogens is 552 g/mol. The summed E-state index contributed by atoms with van der Waals surface area (Å²) < 4.78 is 169. The van der Waals surface area contributed by atoms with Gasteiger partial charge in [-0.2, -0.15) is 26.3 Å². The molecule has 0 atom stereocenters. The van der Waals surface area contributed by atoms with Gasteiger partial charge in [-0.3, -0.25) is 0 Å². The van der Waals surface area contributed by atoms with Crippen molar-refractivity contribution in [1.29, 1.82) is 0 Å². The maximum Gasteiger partial charge on any atom is 0.573 e. The second kappa shape index (κ2) is 9.40. The predicted octanol–water partition coefficient (Wildman–Crippen LogP) is 8.02. The Balaban J connectivity index is 2.44. The Morgan fingerprint density at radius 3 is 1.03 bits per heavy atom. The first kappa shape index (κ1) is 28.6. The van der Waals surface area contributed by atoms with Crippen molar-refractivity contribution >= 4 is 11.4 Å². The van der Waals surface area contributed by atoms with Crippen LogP contribution in [-0.4, -0.2) is 12.7 Å². The van der Waals surface area contributed by atoms with Crippen LogP contribution in [0.3, 0.4) is 0 Å². The van der Waals surface area contributed by atoms with Crippen LogP contribution in [0.25, 0.3) is 22.3 Å². The second-order valence-corrected chi connectivity index (χ2v) is 7.55. The van der Waals surface area contributed by atoms with Crippen LogP contribution in [0.15, 0.2) is 48.5 Å². The molecule has 0 aliphatic rings. The number of alkyl halides is 12. The van der Waals surface area contributed by atoms with Gasteiger partial charge >= 0.3 is 25.1 Å². The maximum absolute atomic E-state index is 14.0. The molecule has 4 nitrogen and oxygen atoms in total. The number of nitrogens with two attached hydrogens (primary N) is 2. The van der Waals surface area contributed by atoms with Crippen molar-refractivity contribution in [3.05, 3.63) is 59.7 Å². The normalized spacial score (nSPS) is 12.9. The summed E-state index contributed by atoms with van der Waals surface area (Å²) in [4.78, 5) is 0. The zero-order valence-corrected chi connectivity index (χ0v) is 18.1. The Bertz CT molecular complexity index is 1240. The quantitative estimate of drug-likeness (QED) is 0.249. The van der Waals surface area contributed by atoms with E-state index < -0.39 is 81.3 Å². The van der Waals surface area contributed by atoms with E-state index >= 15 is 0 Å². The average molecular weight is 564 g/mol. The molecule has 0 heterocycles. The Hall–Kier alpha value is -3.98. The molecule has 3 rings (SSSR count). The molecule has 0 saturated carbocycles. The smallest absolute Gasteiger partial charge is 0.405 e. The molecule has 0 unspecified atom stereocenters. The summed E-state index contributed by atoms with van der Waals surface area (Å²) in [5.74, 6) is -2.70. The minimum atomic E-state index is -5.51. The van der Waals surface area contributed by atoms with Crippen molar-refractivity contribution in [1.82, 2.24) is 0 Å². The first-order chi connectivity index (χ1) is 17.2. The molecule has 0 aliphatic heterocycles. The monoisotopic (exact) mass is 564 g/mol. The van der Waals surface area contributed by atoms with Crippen molar-refractivity contribution < 1.29 is 62.2 Å². The van der Waals surface area contributed by atoms with Gasteiger partial charge in [0.05, 0.1) is 11.1 Å². The number of rotatable bonds is 4. The lowest BCUT2D eigenvalue weighted by Gasteiger charge is -2.23. The molecule has 0 aliphatic carbocycles. The molecule has 0 fully saturated rings. The van der Waals surface area contributed by atoms with Crippen LogP contribution in [-0.2, 0) is 12.4 Å². The van der Waals surface area contributed by atoms with Gasteiger partial charge in [0, 0.05) is 34.6 Å². The molecule has 0 amide bonds. The van der Waals surface area contributed by atoms with Crippen LogP contribution in [0, 0.1) is 0 Å². The Morgan fingerprint density at radius 1 is 0.447 bits per heavy atom. The van der Waals surface area contributed by atoms with Crippen molar-refractivity contribution in [3.8, 4) is 33.8 Å². The summed E-state index contributed by atoms with van der Waals surface area (Å²) in [6.07, 6.45) is -22.0. The molecule has 38 heavy (non-hydrogen) atoms. The summed E-state index contributed by atoms with van der Waals surface area (Å²) in [5.41, 5.74) is 1.03. The number of halogens is 12.